The summed E-state index contributed by atoms with van der Waals surface area (Å²) in [6, 6.07) is 4.69. The van der Waals surface area contributed by atoms with Crippen LogP contribution in [0.15, 0.2) is 18.2 Å². The molecule has 1 rings (SSSR count). The molecule has 0 heterocycles. The first-order valence-corrected chi connectivity index (χ1v) is 6.23. The maximum Gasteiger partial charge on any atom is 0.339 e. The third kappa shape index (κ3) is 4.15. The maximum absolute atomic E-state index is 12.0. The highest BCUT2D eigenvalue weighted by Crippen LogP contribution is 2.23. The number of ether oxygens (including phenoxy) is 3. The number of carbonyl (C=O) groups excluding carboxylic acids is 2. The van der Waals surface area contributed by atoms with Gasteiger partial charge in [0.15, 0.2) is 6.10 Å². The number of carbonyl (C=O) groups is 2. The van der Waals surface area contributed by atoms with Gasteiger partial charge in [-0.05, 0) is 26.0 Å². The SMILES string of the molecule is CCNC(=O)[C@@H](C)OC(=O)c1cc(OC)cc(OC)c1. The monoisotopic (exact) mass is 281 g/mol. The molecule has 0 spiro atoms. The molecule has 0 aliphatic heterocycles. The summed E-state index contributed by atoms with van der Waals surface area (Å²) in [5.41, 5.74) is 0.261. The predicted molar refractivity (Wildman–Crippen MR) is 73.1 cm³/mol. The first-order valence-electron chi connectivity index (χ1n) is 6.23. The molecule has 0 radical (unpaired) electrons. The fourth-order valence-electron chi connectivity index (χ4n) is 1.53. The van der Waals surface area contributed by atoms with E-state index in [1.165, 1.54) is 33.3 Å². The van der Waals surface area contributed by atoms with E-state index in [1.807, 2.05) is 0 Å². The summed E-state index contributed by atoms with van der Waals surface area (Å²) in [5, 5.41) is 2.58. The first kappa shape index (κ1) is 15.8. The number of hydrogen-bond acceptors (Lipinski definition) is 5. The van der Waals surface area contributed by atoms with Gasteiger partial charge >= 0.3 is 5.97 Å². The van der Waals surface area contributed by atoms with E-state index in [0.717, 1.165) is 0 Å². The lowest BCUT2D eigenvalue weighted by atomic mass is 10.2. The van der Waals surface area contributed by atoms with Gasteiger partial charge in [-0.25, -0.2) is 4.79 Å². The minimum atomic E-state index is -0.861. The molecular weight excluding hydrogens is 262 g/mol. The molecule has 0 bridgehead atoms. The van der Waals surface area contributed by atoms with Crippen molar-refractivity contribution in [3.8, 4) is 11.5 Å². The minimum absolute atomic E-state index is 0.261. The van der Waals surface area contributed by atoms with Crippen molar-refractivity contribution >= 4 is 11.9 Å². The molecule has 110 valence electrons. The maximum atomic E-state index is 12.0. The summed E-state index contributed by atoms with van der Waals surface area (Å²) < 4.78 is 15.2. The van der Waals surface area contributed by atoms with E-state index in [4.69, 9.17) is 14.2 Å². The van der Waals surface area contributed by atoms with E-state index in [-0.39, 0.29) is 11.5 Å². The van der Waals surface area contributed by atoms with Crippen molar-refractivity contribution in [2.75, 3.05) is 20.8 Å². The smallest absolute Gasteiger partial charge is 0.339 e. The molecule has 0 fully saturated rings. The normalized spacial score (nSPS) is 11.4. The molecule has 1 N–H and O–H groups in total. The van der Waals surface area contributed by atoms with Gasteiger partial charge < -0.3 is 19.5 Å². The molecule has 1 atom stereocenters. The van der Waals surface area contributed by atoms with Crippen LogP contribution in [-0.2, 0) is 9.53 Å². The third-order valence-corrected chi connectivity index (χ3v) is 2.59. The van der Waals surface area contributed by atoms with Crippen LogP contribution in [-0.4, -0.2) is 38.7 Å². The van der Waals surface area contributed by atoms with E-state index < -0.39 is 12.1 Å². The largest absolute Gasteiger partial charge is 0.497 e. The van der Waals surface area contributed by atoms with Crippen LogP contribution < -0.4 is 14.8 Å². The van der Waals surface area contributed by atoms with Crippen LogP contribution >= 0.6 is 0 Å². The average Bonchev–Trinajstić information content (AvgIpc) is 2.46. The van der Waals surface area contributed by atoms with Gasteiger partial charge in [-0.2, -0.15) is 0 Å². The van der Waals surface area contributed by atoms with Crippen molar-refractivity contribution in [1.29, 1.82) is 0 Å². The summed E-state index contributed by atoms with van der Waals surface area (Å²) in [7, 11) is 2.97. The zero-order chi connectivity index (χ0) is 15.1. The molecular formula is C14H19NO5. The van der Waals surface area contributed by atoms with Gasteiger partial charge in [-0.15, -0.1) is 0 Å². The molecule has 0 aromatic heterocycles. The lowest BCUT2D eigenvalue weighted by Crippen LogP contribution is -2.35. The van der Waals surface area contributed by atoms with E-state index in [1.54, 1.807) is 13.0 Å². The highest BCUT2D eigenvalue weighted by Gasteiger charge is 2.19. The Balaban J connectivity index is 2.84. The highest BCUT2D eigenvalue weighted by molar-refractivity contribution is 5.93. The second-order valence-electron chi connectivity index (χ2n) is 4.04. The molecule has 6 heteroatoms. The highest BCUT2D eigenvalue weighted by atomic mass is 16.5. The molecule has 6 nitrogen and oxygen atoms in total. The fraction of sp³-hybridized carbons (Fsp3) is 0.429. The Morgan fingerprint density at radius 1 is 1.15 bits per heavy atom. The van der Waals surface area contributed by atoms with E-state index in [2.05, 4.69) is 5.32 Å². The van der Waals surface area contributed by atoms with Crippen LogP contribution in [0.3, 0.4) is 0 Å². The van der Waals surface area contributed by atoms with Crippen LogP contribution in [0.25, 0.3) is 0 Å². The van der Waals surface area contributed by atoms with Gasteiger partial charge in [0.2, 0.25) is 0 Å². The topological polar surface area (TPSA) is 73.9 Å². The van der Waals surface area contributed by atoms with Gasteiger partial charge in [0.1, 0.15) is 11.5 Å². The molecule has 1 aromatic rings. The zero-order valence-corrected chi connectivity index (χ0v) is 12.1. The van der Waals surface area contributed by atoms with Crippen molar-refractivity contribution in [3.63, 3.8) is 0 Å². The van der Waals surface area contributed by atoms with Gasteiger partial charge in [-0.1, -0.05) is 0 Å². The molecule has 0 saturated heterocycles. The van der Waals surface area contributed by atoms with Gasteiger partial charge in [0.05, 0.1) is 19.8 Å². The Bertz CT molecular complexity index is 464. The van der Waals surface area contributed by atoms with Gasteiger partial charge in [0, 0.05) is 12.6 Å². The second kappa shape index (κ2) is 7.37. The van der Waals surface area contributed by atoms with Crippen molar-refractivity contribution in [3.05, 3.63) is 23.8 Å². The van der Waals surface area contributed by atoms with Gasteiger partial charge in [-0.3, -0.25) is 4.79 Å². The number of rotatable bonds is 6. The Kier molecular flexibility index (Phi) is 5.83. The number of esters is 1. The van der Waals surface area contributed by atoms with E-state index in [9.17, 15) is 9.59 Å². The fourth-order valence-corrected chi connectivity index (χ4v) is 1.53. The Morgan fingerprint density at radius 3 is 2.15 bits per heavy atom. The van der Waals surface area contributed by atoms with Gasteiger partial charge in [0.25, 0.3) is 5.91 Å². The molecule has 20 heavy (non-hydrogen) atoms. The lowest BCUT2D eigenvalue weighted by Gasteiger charge is -2.13. The van der Waals surface area contributed by atoms with Crippen molar-refractivity contribution in [2.45, 2.75) is 20.0 Å². The number of hydrogen-bond donors (Lipinski definition) is 1. The number of likely N-dealkylation sites (N-methyl/N-ethyl adjacent to an activating group) is 1. The van der Waals surface area contributed by atoms with Crippen molar-refractivity contribution < 1.29 is 23.8 Å². The second-order valence-corrected chi connectivity index (χ2v) is 4.04. The Morgan fingerprint density at radius 2 is 1.70 bits per heavy atom. The number of benzene rings is 1. The third-order valence-electron chi connectivity index (χ3n) is 2.59. The van der Waals surface area contributed by atoms with Crippen LogP contribution in [0.5, 0.6) is 11.5 Å². The van der Waals surface area contributed by atoms with Crippen LogP contribution in [0.4, 0.5) is 0 Å². The van der Waals surface area contributed by atoms with Crippen molar-refractivity contribution in [1.82, 2.24) is 5.32 Å². The summed E-state index contributed by atoms with van der Waals surface area (Å²) in [6.45, 7) is 3.79. The quantitative estimate of drug-likeness (QED) is 0.797. The molecule has 0 unspecified atom stereocenters. The van der Waals surface area contributed by atoms with Crippen molar-refractivity contribution in [2.24, 2.45) is 0 Å². The molecule has 1 amide bonds. The summed E-state index contributed by atoms with van der Waals surface area (Å²) >= 11 is 0. The summed E-state index contributed by atoms with van der Waals surface area (Å²) in [5.74, 6) is 0.000546. The molecule has 1 aromatic carbocycles. The van der Waals surface area contributed by atoms with E-state index >= 15 is 0 Å². The lowest BCUT2D eigenvalue weighted by molar-refractivity contribution is -0.128. The minimum Gasteiger partial charge on any atom is -0.497 e. The Hall–Kier alpha value is -2.24. The molecule has 0 aliphatic rings. The van der Waals surface area contributed by atoms with Crippen LogP contribution in [0.1, 0.15) is 24.2 Å². The standard InChI is InChI=1S/C14H19NO5/c1-5-15-13(16)9(2)20-14(17)10-6-11(18-3)8-12(7-10)19-4/h6-9H,5H2,1-4H3,(H,15,16)/t9-/m1/s1. The number of methoxy groups -OCH3 is 2. The zero-order valence-electron chi connectivity index (χ0n) is 12.1. The molecule has 0 aliphatic carbocycles. The Labute approximate surface area is 118 Å². The first-order chi connectivity index (χ1) is 9.51. The predicted octanol–water partition coefficient (Wildman–Crippen LogP) is 1.39. The number of nitrogens with one attached hydrogen (secondary N) is 1. The molecule has 0 saturated carbocycles. The average molecular weight is 281 g/mol. The summed E-state index contributed by atoms with van der Waals surface area (Å²) in [4.78, 5) is 23.5. The van der Waals surface area contributed by atoms with E-state index in [0.29, 0.717) is 18.0 Å². The van der Waals surface area contributed by atoms with Crippen LogP contribution in [0, 0.1) is 0 Å². The summed E-state index contributed by atoms with van der Waals surface area (Å²) in [6.07, 6.45) is -0.861. The van der Waals surface area contributed by atoms with Crippen LogP contribution in [0.2, 0.25) is 0 Å². The number of amides is 1.